The first-order valence-corrected chi connectivity index (χ1v) is 20.8. The van der Waals surface area contributed by atoms with Crippen molar-refractivity contribution in [2.45, 2.75) is 94.2 Å². The minimum Gasteiger partial charge on any atom is -0.479 e. The number of alkyl halides is 2. The van der Waals surface area contributed by atoms with Crippen molar-refractivity contribution >= 4 is 34.5 Å². The molecule has 2 bridgehead atoms. The fraction of sp³-hybridized carbons (Fsp3) is 0.614. The largest absolute Gasteiger partial charge is 0.479 e. The van der Waals surface area contributed by atoms with Gasteiger partial charge in [-0.15, -0.1) is 0 Å². The summed E-state index contributed by atoms with van der Waals surface area (Å²) in [6.45, 7) is 6.26. The summed E-state index contributed by atoms with van der Waals surface area (Å²) in [5.74, 6) is -7.77. The lowest BCUT2D eigenvalue weighted by atomic mass is 9.47. The van der Waals surface area contributed by atoms with E-state index in [1.807, 2.05) is 42.2 Å². The van der Waals surface area contributed by atoms with Gasteiger partial charge in [-0.1, -0.05) is 25.2 Å². The number of ether oxygens (including phenoxy) is 3. The summed E-state index contributed by atoms with van der Waals surface area (Å²) < 4.78 is 48.9. The number of nitrogen functional groups attached to an aromatic ring is 1. The monoisotopic (exact) mass is 819 g/mol. The van der Waals surface area contributed by atoms with Gasteiger partial charge in [-0.05, 0) is 80.5 Å². The predicted octanol–water partition coefficient (Wildman–Crippen LogP) is 4.21. The summed E-state index contributed by atoms with van der Waals surface area (Å²) in [6.07, 6.45) is 6.87. The normalized spacial score (nSPS) is 39.8. The molecule has 2 aliphatic carbocycles. The number of carbonyl (C=O) groups is 3. The lowest BCUT2D eigenvalue weighted by molar-refractivity contribution is -0.241. The first-order valence-electron chi connectivity index (χ1n) is 20.8. The molecule has 318 valence electrons. The Labute approximate surface area is 342 Å². The van der Waals surface area contributed by atoms with Crippen LogP contribution in [-0.2, 0) is 40.6 Å². The lowest BCUT2D eigenvalue weighted by Crippen LogP contribution is -2.79. The van der Waals surface area contributed by atoms with Gasteiger partial charge in [0.05, 0.1) is 19.3 Å². The number of halogens is 2. The molecule has 13 nitrogen and oxygen atoms in total. The smallest absolute Gasteiger partial charge is 0.341 e. The number of allylic oxidation sites excluding steroid dienone is 1. The van der Waals surface area contributed by atoms with E-state index in [-0.39, 0.29) is 25.3 Å². The molecular formula is C44H55F2N5O8. The van der Waals surface area contributed by atoms with Gasteiger partial charge >= 0.3 is 17.9 Å². The van der Waals surface area contributed by atoms with Crippen molar-refractivity contribution in [2.75, 3.05) is 53.2 Å². The summed E-state index contributed by atoms with van der Waals surface area (Å²) in [5, 5.41) is 25.0. The highest BCUT2D eigenvalue weighted by atomic mass is 19.3. The van der Waals surface area contributed by atoms with Crippen LogP contribution >= 0.6 is 0 Å². The molecule has 1 spiro atoms. The maximum absolute atomic E-state index is 15.3. The number of hydrogen-bond acceptors (Lipinski definition) is 11. The number of methoxy groups -OCH3 is 2. The van der Waals surface area contributed by atoms with Crippen molar-refractivity contribution in [1.82, 2.24) is 19.7 Å². The summed E-state index contributed by atoms with van der Waals surface area (Å²) in [5.41, 5.74) is 4.23. The Kier molecular flexibility index (Phi) is 9.07. The third kappa shape index (κ3) is 5.23. The number of nitrogens with one attached hydrogen (secondary N) is 1. The van der Waals surface area contributed by atoms with Crippen LogP contribution in [0.5, 0.6) is 0 Å². The number of aromatic amines is 1. The average Bonchev–Trinajstić information content (AvgIpc) is 3.83. The van der Waals surface area contributed by atoms with Gasteiger partial charge in [-0.2, -0.15) is 0 Å². The van der Waals surface area contributed by atoms with E-state index in [2.05, 4.69) is 20.9 Å². The van der Waals surface area contributed by atoms with Crippen molar-refractivity contribution in [1.29, 1.82) is 0 Å². The second-order valence-corrected chi connectivity index (χ2v) is 18.4. The highest BCUT2D eigenvalue weighted by molar-refractivity contribution is 5.93. The van der Waals surface area contributed by atoms with Gasteiger partial charge < -0.3 is 40.0 Å². The molecule has 3 saturated heterocycles. The van der Waals surface area contributed by atoms with Gasteiger partial charge in [0.15, 0.2) is 6.10 Å². The number of fused-ring (bicyclic) bond motifs is 6. The Morgan fingerprint density at radius 2 is 1.90 bits per heavy atom. The zero-order valence-corrected chi connectivity index (χ0v) is 34.5. The number of benzene rings is 1. The number of H-pyrrole nitrogens is 1. The molecular weight excluding hydrogens is 765 g/mol. The number of esters is 2. The van der Waals surface area contributed by atoms with Crippen LogP contribution in [0, 0.1) is 28.6 Å². The number of nitrogens with zero attached hydrogens (tertiary/aromatic N) is 3. The second-order valence-electron chi connectivity index (χ2n) is 18.4. The molecule has 2 aromatic rings. The Bertz CT molecular complexity index is 2220. The van der Waals surface area contributed by atoms with Gasteiger partial charge in [0.1, 0.15) is 5.41 Å². The van der Waals surface area contributed by atoms with Crippen molar-refractivity contribution in [3.8, 4) is 0 Å². The van der Waals surface area contributed by atoms with Gasteiger partial charge in [-0.3, -0.25) is 19.4 Å². The SMILES string of the molecule is CC[C@]12C=CCN3CC[C@@]4(C5=CC([C@@]6(C(=O)OC)C[C@H]7CC(C(C)(F)F)CN(Cc8c6[nH]c6ccc(N)cc86)C7)C(OC)C=C5N(C)[C@H]4[C@@](O)(C(=O)O)[C@@H]1OC(C)=O)[C@@H]32. The Morgan fingerprint density at radius 3 is 2.56 bits per heavy atom. The maximum atomic E-state index is 15.3. The van der Waals surface area contributed by atoms with Crippen LogP contribution in [0.3, 0.4) is 0 Å². The van der Waals surface area contributed by atoms with E-state index in [0.29, 0.717) is 56.1 Å². The molecule has 1 aromatic carbocycles. The van der Waals surface area contributed by atoms with Gasteiger partial charge in [0.25, 0.3) is 0 Å². The van der Waals surface area contributed by atoms with E-state index in [0.717, 1.165) is 29.0 Å². The van der Waals surface area contributed by atoms with Crippen LogP contribution in [0.2, 0.25) is 0 Å². The standard InChI is InChI=1S/C44H55F2N5O8/c1-7-41-11-8-13-51-14-12-42(35(41)51)29-17-30(33(57-5)18-32(29)49(4)36(42)44(56,38(53)54)37(41)59-23(2)52)43(39(55)58-6)19-24-15-25(40(3,45)46)21-50(20-24)22-28-27-16-26(47)9-10-31(27)48-34(28)43/h8-11,16-18,24-25,30,33,35-37,48,56H,7,12-15,19-22,47H2,1-6H3,(H,53,54)/t24-,25?,30?,33?,35+,36-,37-,41-,42-,43+,44+/m1/s1. The van der Waals surface area contributed by atoms with E-state index in [1.165, 1.54) is 14.0 Å². The zero-order chi connectivity index (χ0) is 42.2. The number of carboxylic acid groups (broad SMARTS) is 1. The van der Waals surface area contributed by atoms with Crippen LogP contribution in [0.25, 0.3) is 10.9 Å². The molecule has 0 radical (unpaired) electrons. The molecule has 15 heteroatoms. The van der Waals surface area contributed by atoms with Crippen molar-refractivity contribution in [3.05, 3.63) is 65.0 Å². The molecule has 59 heavy (non-hydrogen) atoms. The topological polar surface area (TPSA) is 171 Å². The molecule has 6 heterocycles. The number of likely N-dealkylation sites (N-methyl/N-ethyl adjacent to an activating group) is 1. The number of aliphatic hydroxyl groups is 1. The van der Waals surface area contributed by atoms with E-state index in [4.69, 9.17) is 19.9 Å². The van der Waals surface area contributed by atoms with Crippen LogP contribution < -0.4 is 5.73 Å². The number of aromatic nitrogens is 1. The molecule has 4 unspecified atom stereocenters. The molecule has 1 saturated carbocycles. The maximum Gasteiger partial charge on any atom is 0.341 e. The average molecular weight is 820 g/mol. The minimum atomic E-state index is -2.96. The fourth-order valence-corrected chi connectivity index (χ4v) is 13.6. The number of carbonyl (C=O) groups excluding carboxylic acids is 2. The number of likely N-dealkylation sites (tertiary alicyclic amines) is 1. The third-order valence-corrected chi connectivity index (χ3v) is 15.6. The highest BCUT2D eigenvalue weighted by Gasteiger charge is 2.81. The van der Waals surface area contributed by atoms with E-state index in [1.54, 1.807) is 20.2 Å². The first-order chi connectivity index (χ1) is 27.9. The number of rotatable bonds is 7. The van der Waals surface area contributed by atoms with Crippen molar-refractivity contribution < 1.29 is 47.6 Å². The molecule has 5 N–H and O–H groups in total. The number of hydrogen-bond donors (Lipinski definition) is 4. The first kappa shape index (κ1) is 40.1. The molecule has 9 rings (SSSR count). The number of piperidine rings is 1. The number of anilines is 1. The zero-order valence-electron chi connectivity index (χ0n) is 34.5. The van der Waals surface area contributed by atoms with Crippen LogP contribution in [0.15, 0.2) is 53.8 Å². The molecule has 1 aromatic heterocycles. The van der Waals surface area contributed by atoms with E-state index >= 15 is 13.6 Å². The second kappa shape index (κ2) is 13.3. The third-order valence-electron chi connectivity index (χ3n) is 15.6. The summed E-state index contributed by atoms with van der Waals surface area (Å²) in [6, 6.07) is 4.00. The van der Waals surface area contributed by atoms with Crippen molar-refractivity contribution in [3.63, 3.8) is 0 Å². The minimum absolute atomic E-state index is 0.159. The van der Waals surface area contributed by atoms with Crippen LogP contribution in [-0.4, -0.2) is 131 Å². The van der Waals surface area contributed by atoms with Crippen LogP contribution in [0.4, 0.5) is 14.5 Å². The fourth-order valence-electron chi connectivity index (χ4n) is 13.6. The van der Waals surface area contributed by atoms with Gasteiger partial charge in [0, 0.05) is 104 Å². The molecule has 7 aliphatic rings. The van der Waals surface area contributed by atoms with Crippen LogP contribution in [0.1, 0.15) is 57.7 Å². The Balaban J connectivity index is 1.32. The summed E-state index contributed by atoms with van der Waals surface area (Å²) >= 11 is 0. The summed E-state index contributed by atoms with van der Waals surface area (Å²) in [4.78, 5) is 51.7. The number of carboxylic acids is 1. The predicted molar refractivity (Wildman–Crippen MR) is 213 cm³/mol. The Hall–Kier alpha value is -4.31. The quantitative estimate of drug-likeness (QED) is 0.179. The molecule has 0 amide bonds. The summed E-state index contributed by atoms with van der Waals surface area (Å²) in [7, 11) is 4.66. The Morgan fingerprint density at radius 1 is 1.14 bits per heavy atom. The van der Waals surface area contributed by atoms with E-state index in [9.17, 15) is 19.8 Å². The lowest BCUT2D eigenvalue weighted by Gasteiger charge is -2.63. The van der Waals surface area contributed by atoms with Gasteiger partial charge in [-0.25, -0.2) is 13.6 Å². The molecule has 12 atom stereocenters. The highest BCUT2D eigenvalue weighted by Crippen LogP contribution is 2.70. The number of aliphatic carboxylic acids is 1. The molecule has 4 fully saturated rings. The molecule has 5 aliphatic heterocycles. The van der Waals surface area contributed by atoms with E-state index < -0.39 is 81.8 Å². The van der Waals surface area contributed by atoms with Gasteiger partial charge in [0.2, 0.25) is 11.5 Å². The van der Waals surface area contributed by atoms with Crippen molar-refractivity contribution in [2.24, 2.45) is 28.6 Å². The number of nitrogens with two attached hydrogens (primary N) is 1.